The van der Waals surface area contributed by atoms with Crippen LogP contribution in [0.5, 0.6) is 0 Å². The molecule has 0 spiro atoms. The van der Waals surface area contributed by atoms with Gasteiger partial charge in [0.25, 0.3) is 0 Å². The lowest BCUT2D eigenvalue weighted by molar-refractivity contribution is -0.120. The van der Waals surface area contributed by atoms with Gasteiger partial charge in [-0.15, -0.1) is 0 Å². The fourth-order valence-corrected chi connectivity index (χ4v) is 2.94. The number of unbranched alkanes of at least 4 members (excludes halogenated alkanes) is 2. The Morgan fingerprint density at radius 3 is 1.93 bits per heavy atom. The number of carbonyl (C=O) groups is 2. The van der Waals surface area contributed by atoms with E-state index in [9.17, 15) is 9.59 Å². The molecule has 0 aliphatic rings. The quantitative estimate of drug-likeness (QED) is 0.136. The van der Waals surface area contributed by atoms with Crippen molar-refractivity contribution >= 4 is 24.2 Å². The smallest absolute Gasteiger partial charge is 0.135 e. The summed E-state index contributed by atoms with van der Waals surface area (Å²) in [5, 5.41) is 6.68. The highest BCUT2D eigenvalue weighted by atomic mass is 32.1. The summed E-state index contributed by atoms with van der Waals surface area (Å²) in [6, 6.07) is 0. The van der Waals surface area contributed by atoms with Gasteiger partial charge in [-0.1, -0.05) is 6.42 Å². The largest absolute Gasteiger partial charge is 0.379 e. The van der Waals surface area contributed by atoms with Crippen molar-refractivity contribution in [2.75, 3.05) is 64.9 Å². The summed E-state index contributed by atoms with van der Waals surface area (Å²) in [6.07, 6.45) is 7.34. The molecule has 0 fully saturated rings. The number of ketones is 2. The van der Waals surface area contributed by atoms with Crippen LogP contribution in [0, 0.1) is 0 Å². The molecule has 0 aliphatic heterocycles. The normalized spacial score (nSPS) is 11.1. The Morgan fingerprint density at radius 1 is 0.655 bits per heavy atom. The van der Waals surface area contributed by atoms with Gasteiger partial charge in [0.1, 0.15) is 11.6 Å². The van der Waals surface area contributed by atoms with Crippen LogP contribution in [-0.2, 0) is 19.1 Å². The molecule has 0 aromatic rings. The van der Waals surface area contributed by atoms with E-state index in [4.69, 9.17) is 15.2 Å². The van der Waals surface area contributed by atoms with Gasteiger partial charge in [0.05, 0.1) is 19.8 Å². The third-order valence-electron chi connectivity index (χ3n) is 4.37. The summed E-state index contributed by atoms with van der Waals surface area (Å²) >= 11 is 4.04. The van der Waals surface area contributed by atoms with Gasteiger partial charge >= 0.3 is 0 Å². The maximum Gasteiger partial charge on any atom is 0.135 e. The number of Topliss-reactive ketones (excluding diaryl/α,β-unsaturated/α-hetero) is 2. The lowest BCUT2D eigenvalue weighted by Gasteiger charge is -2.07. The number of rotatable bonds is 24. The fraction of sp³-hybridized carbons (Fsp3) is 0.905. The molecular weight excluding hydrogens is 390 g/mol. The molecule has 0 aromatic heterocycles. The van der Waals surface area contributed by atoms with Gasteiger partial charge in [-0.05, 0) is 51.1 Å². The van der Waals surface area contributed by atoms with E-state index in [0.29, 0.717) is 64.4 Å². The molecule has 7 nitrogen and oxygen atoms in total. The summed E-state index contributed by atoms with van der Waals surface area (Å²) in [4.78, 5) is 23.1. The van der Waals surface area contributed by atoms with E-state index < -0.39 is 0 Å². The van der Waals surface area contributed by atoms with E-state index in [-0.39, 0.29) is 11.6 Å². The first-order valence-electron chi connectivity index (χ1n) is 11.1. The number of nitrogens with one attached hydrogen (secondary N) is 2. The number of ether oxygens (including phenoxy) is 2. The van der Waals surface area contributed by atoms with E-state index in [1.54, 1.807) is 0 Å². The van der Waals surface area contributed by atoms with Crippen molar-refractivity contribution in [2.45, 2.75) is 57.8 Å². The minimum Gasteiger partial charge on any atom is -0.379 e. The molecule has 0 heterocycles. The summed E-state index contributed by atoms with van der Waals surface area (Å²) < 4.78 is 10.8. The molecule has 0 bridgehead atoms. The third kappa shape index (κ3) is 23.6. The van der Waals surface area contributed by atoms with Gasteiger partial charge in [-0.3, -0.25) is 9.59 Å². The molecule has 0 aromatic carbocycles. The molecule has 172 valence electrons. The summed E-state index contributed by atoms with van der Waals surface area (Å²) in [6.45, 7) is 6.54. The Morgan fingerprint density at radius 2 is 1.24 bits per heavy atom. The zero-order valence-corrected chi connectivity index (χ0v) is 19.0. The molecule has 29 heavy (non-hydrogen) atoms. The van der Waals surface area contributed by atoms with Crippen LogP contribution in [0.4, 0.5) is 0 Å². The van der Waals surface area contributed by atoms with E-state index in [1.165, 1.54) is 19.3 Å². The zero-order chi connectivity index (χ0) is 21.4. The van der Waals surface area contributed by atoms with E-state index in [2.05, 4.69) is 23.3 Å². The third-order valence-corrected chi connectivity index (χ3v) is 4.59. The van der Waals surface area contributed by atoms with Crippen molar-refractivity contribution < 1.29 is 19.1 Å². The van der Waals surface area contributed by atoms with E-state index in [1.807, 2.05) is 0 Å². The van der Waals surface area contributed by atoms with Gasteiger partial charge in [-0.2, -0.15) is 12.6 Å². The maximum atomic E-state index is 11.8. The van der Waals surface area contributed by atoms with Crippen LogP contribution >= 0.6 is 12.6 Å². The summed E-state index contributed by atoms with van der Waals surface area (Å²) in [5.41, 5.74) is 5.42. The van der Waals surface area contributed by atoms with Crippen molar-refractivity contribution in [3.63, 3.8) is 0 Å². The minimum atomic E-state index is 0.236. The lowest BCUT2D eigenvalue weighted by atomic mass is 10.1. The second-order valence-electron chi connectivity index (χ2n) is 7.08. The highest BCUT2D eigenvalue weighted by Crippen LogP contribution is 1.98. The van der Waals surface area contributed by atoms with Crippen molar-refractivity contribution in [3.05, 3.63) is 0 Å². The standard InChI is InChI=1S/C21H43N3O4S/c22-10-14-24-12-3-1-2-11-23-13-4-6-20(25)8-16-28-18-17-27-15-5-7-21(26)9-19-29/h23-24,29H,1-19,22H2. The van der Waals surface area contributed by atoms with Crippen LogP contribution < -0.4 is 16.4 Å². The Balaban J connectivity index is 3.20. The number of hydrogen-bond acceptors (Lipinski definition) is 8. The Labute approximate surface area is 182 Å². The monoisotopic (exact) mass is 433 g/mol. The molecule has 0 atom stereocenters. The van der Waals surface area contributed by atoms with Crippen LogP contribution in [0.3, 0.4) is 0 Å². The van der Waals surface area contributed by atoms with Gasteiger partial charge in [0, 0.05) is 45.4 Å². The SMILES string of the molecule is NCCNCCCCCNCCCC(=O)CCOCCOCCCC(=O)CCS. The first kappa shape index (κ1) is 28.5. The van der Waals surface area contributed by atoms with Crippen molar-refractivity contribution in [3.8, 4) is 0 Å². The van der Waals surface area contributed by atoms with Crippen molar-refractivity contribution in [1.29, 1.82) is 0 Å². The predicted molar refractivity (Wildman–Crippen MR) is 122 cm³/mol. The Bertz CT molecular complexity index is 387. The summed E-state index contributed by atoms with van der Waals surface area (Å²) in [7, 11) is 0. The van der Waals surface area contributed by atoms with Crippen LogP contribution in [0.1, 0.15) is 57.8 Å². The van der Waals surface area contributed by atoms with Gasteiger partial charge in [0.2, 0.25) is 0 Å². The molecule has 0 aliphatic carbocycles. The van der Waals surface area contributed by atoms with Gasteiger partial charge < -0.3 is 25.8 Å². The number of hydrogen-bond donors (Lipinski definition) is 4. The lowest BCUT2D eigenvalue weighted by Crippen LogP contribution is -2.23. The molecule has 0 saturated heterocycles. The molecule has 0 amide bonds. The fourth-order valence-electron chi connectivity index (χ4n) is 2.69. The second kappa shape index (κ2) is 23.8. The van der Waals surface area contributed by atoms with Crippen LogP contribution in [-0.4, -0.2) is 76.5 Å². The number of nitrogens with two attached hydrogens (primary N) is 1. The first-order valence-corrected chi connectivity index (χ1v) is 11.7. The maximum absolute atomic E-state index is 11.8. The topological polar surface area (TPSA) is 103 Å². The molecule has 0 saturated carbocycles. The van der Waals surface area contributed by atoms with Crippen molar-refractivity contribution in [1.82, 2.24) is 10.6 Å². The first-order chi connectivity index (χ1) is 14.2. The molecule has 0 unspecified atom stereocenters. The molecule has 0 rings (SSSR count). The highest BCUT2D eigenvalue weighted by Gasteiger charge is 2.02. The zero-order valence-electron chi connectivity index (χ0n) is 18.1. The number of carbonyl (C=O) groups excluding carboxylic acids is 2. The van der Waals surface area contributed by atoms with E-state index >= 15 is 0 Å². The van der Waals surface area contributed by atoms with Gasteiger partial charge in [-0.25, -0.2) is 0 Å². The highest BCUT2D eigenvalue weighted by molar-refractivity contribution is 7.80. The number of thiol groups is 1. The average Bonchev–Trinajstić information content (AvgIpc) is 2.71. The van der Waals surface area contributed by atoms with Crippen LogP contribution in [0.25, 0.3) is 0 Å². The van der Waals surface area contributed by atoms with Gasteiger partial charge in [0.15, 0.2) is 0 Å². The predicted octanol–water partition coefficient (Wildman–Crippen LogP) is 1.74. The Kier molecular flexibility index (Phi) is 23.3. The van der Waals surface area contributed by atoms with E-state index in [0.717, 1.165) is 39.0 Å². The Hall–Kier alpha value is -0.510. The van der Waals surface area contributed by atoms with Crippen LogP contribution in [0.15, 0.2) is 0 Å². The minimum absolute atomic E-state index is 0.236. The average molecular weight is 434 g/mol. The molecule has 0 radical (unpaired) electrons. The second-order valence-corrected chi connectivity index (χ2v) is 7.53. The van der Waals surface area contributed by atoms with Crippen LogP contribution in [0.2, 0.25) is 0 Å². The van der Waals surface area contributed by atoms with Crippen molar-refractivity contribution in [2.24, 2.45) is 5.73 Å². The molecular formula is C21H43N3O4S. The summed E-state index contributed by atoms with van der Waals surface area (Å²) in [5.74, 6) is 1.10. The molecule has 8 heteroatoms. The molecule has 4 N–H and O–H groups in total.